The summed E-state index contributed by atoms with van der Waals surface area (Å²) >= 11 is 0. The average molecular weight is 1480 g/mol. The van der Waals surface area contributed by atoms with Crippen LogP contribution in [0.4, 0.5) is 0 Å². The number of nitrogens with zero attached hydrogens (tertiary/aromatic N) is 1. The quantitative estimate of drug-likeness (QED) is 0.0762. The molecule has 0 aromatic heterocycles. The third-order valence-electron chi connectivity index (χ3n) is 18.5. The summed E-state index contributed by atoms with van der Waals surface area (Å²) in [5.74, 6) is 0. The number of hydrogen-bond donors (Lipinski definition) is 25. The Kier molecular flexibility index (Phi) is 30.6. The summed E-state index contributed by atoms with van der Waals surface area (Å²) < 4.78 is 108. The van der Waals surface area contributed by atoms with Gasteiger partial charge in [-0.05, 0) is 19.6 Å². The maximum absolute atomic E-state index is 12.0. The molecule has 30 aliphatic heterocycles. The number of aliphatic hydroxyl groups is 23. The molecule has 25 N–H and O–H groups in total. The summed E-state index contributed by atoms with van der Waals surface area (Å²) in [7, 11) is -5.47. The molecule has 30 rings (SSSR count). The van der Waals surface area contributed by atoms with Crippen molar-refractivity contribution in [2.24, 2.45) is 0 Å². The Bertz CT molecular complexity index is 2430. The zero-order valence-corrected chi connectivity index (χ0v) is 54.2. The summed E-state index contributed by atoms with van der Waals surface area (Å²) in [4.78, 5) is 21.6. The fourth-order valence-corrected chi connectivity index (χ4v) is 13.1. The predicted octanol–water partition coefficient (Wildman–Crippen LogP) is -15.9. The van der Waals surface area contributed by atoms with Gasteiger partial charge in [0.25, 0.3) is 0 Å². The minimum absolute atomic E-state index is 1.10. The first kappa shape index (κ1) is 83.2. The molecule has 0 aromatic rings. The Balaban J connectivity index is 0.00000169. The summed E-state index contributed by atoms with van der Waals surface area (Å²) in [6.45, 7) is 0.970. The largest absolute Gasteiger partial charge is 0.469 e. The zero-order chi connectivity index (χ0) is 73.0. The van der Waals surface area contributed by atoms with E-state index < -0.39 is 306 Å². The summed E-state index contributed by atoms with van der Waals surface area (Å²) in [6, 6.07) is 0. The SMILES string of the molecule is CCN(CC)CC.O=P(O)(O)OC[C@H]1O[C@@H]2O[C@H]3[C@H](O)[C@@H](O)[C@@H](O[C@H]4[C@H](O)[C@@H](O)[C@@H](O[C@H]5[C@H](O)[C@@H](O)[C@@H](O[C@H]6[C@H](O)[C@@H](O)[C@@H](O[C@H]7[C@H](O)[C@@H](O)[C@@H](O[C@H]8[C@H](O)[C@@H](O)[C@@H](O[C@H]9[C@H](O)[C@@H](O)[C@@H](O[C@H]1[C@H](O)[C@H]2O)O[C@@H]9CO)O[C@@H]8CO)O[C@@H]7CO)O[C@@H]6CO)O[C@@H]5CO)O[C@@H]4CO)O[C@@H]3CO. The van der Waals surface area contributed by atoms with Gasteiger partial charge in [0.1, 0.15) is 195 Å². The number of rotatable bonds is 13. The minimum atomic E-state index is -5.47. The maximum Gasteiger partial charge on any atom is 0.469 e. The van der Waals surface area contributed by atoms with Crippen molar-refractivity contribution < 1.29 is 212 Å². The van der Waals surface area contributed by atoms with E-state index in [0.29, 0.717) is 0 Å². The molecule has 0 saturated carbocycles. The van der Waals surface area contributed by atoms with E-state index in [1.807, 2.05) is 0 Å². The van der Waals surface area contributed by atoms with Crippen LogP contribution in [0.5, 0.6) is 0 Å². The first-order valence-corrected chi connectivity index (χ1v) is 33.5. The molecule has 44 nitrogen and oxygen atoms in total. The van der Waals surface area contributed by atoms with Crippen LogP contribution in [0.25, 0.3) is 0 Å². The second-order valence-electron chi connectivity index (χ2n) is 24.7. The van der Waals surface area contributed by atoms with Gasteiger partial charge in [-0.3, -0.25) is 4.52 Å². The van der Waals surface area contributed by atoms with Crippen molar-refractivity contribution in [3.8, 4) is 0 Å². The van der Waals surface area contributed by atoms with Crippen molar-refractivity contribution in [1.29, 1.82) is 0 Å². The van der Waals surface area contributed by atoms with E-state index >= 15 is 0 Å². The molecule has 0 aromatic carbocycles. The standard InChI is InChI=1S/C48H81O43P.C6H15N/c49-1-9-33-17(56)25(64)41(76-9)85-34-10(2-50)78-43(27(66)19(34)58)87-36-12(4-52)80-45(29(68)21(36)60)89-38-14(6-54)82-47(31(70)23(38)62)91-40-16(8-75-92(72,73)74)83-48(32(71)24(40)63)90-39-15(7-55)81-46(30(69)22(39)61)88-37-13(5-53)79-44(28(67)20(37)59)86-35-11(3-51)77-42(84-33)26(65)18(35)57;1-4-7(5-2)6-3/h9-71H,1-8H2,(H2,72,73,74);4-6H2,1-3H3/t9-,10-,11-,12-,13-,14-,15-,16-,17-,18-,19-,20-,21-,22-,23-,24-,25-,26-,27-,28-,29-,30-,31-,32-,33-,34-,35-,36-,37-,38-,39-,40-,41-,42-,43-,44-,45-,46-,47-,48-;/m1./s1. The molecule has 0 spiro atoms. The lowest BCUT2D eigenvalue weighted by molar-refractivity contribution is -0.404. The Hall–Kier alpha value is -1.49. The lowest BCUT2D eigenvalue weighted by atomic mass is 9.94. The molecule has 30 fully saturated rings. The number of phosphoric acid groups is 1. The molecule has 16 bridgehead atoms. The highest BCUT2D eigenvalue weighted by Crippen LogP contribution is 2.42. The van der Waals surface area contributed by atoms with Gasteiger partial charge in [0.15, 0.2) is 50.3 Å². The van der Waals surface area contributed by atoms with E-state index in [1.165, 1.54) is 19.6 Å². The second kappa shape index (κ2) is 36.4. The van der Waals surface area contributed by atoms with E-state index in [4.69, 9.17) is 75.8 Å². The smallest absolute Gasteiger partial charge is 0.394 e. The molecule has 30 heterocycles. The average Bonchev–Trinajstić information content (AvgIpc) is 0.778. The first-order chi connectivity index (χ1) is 46.9. The van der Waals surface area contributed by atoms with Crippen molar-refractivity contribution in [3.05, 3.63) is 0 Å². The van der Waals surface area contributed by atoms with Crippen molar-refractivity contribution in [3.63, 3.8) is 0 Å². The van der Waals surface area contributed by atoms with Crippen LogP contribution in [0.1, 0.15) is 20.8 Å². The molecule has 30 saturated heterocycles. The first-order valence-electron chi connectivity index (χ1n) is 31.9. The van der Waals surface area contributed by atoms with Gasteiger partial charge in [0, 0.05) is 0 Å². The molecular weight excluding hydrogens is 1380 g/mol. The van der Waals surface area contributed by atoms with Gasteiger partial charge in [-0.25, -0.2) is 4.57 Å². The number of ether oxygens (including phenoxy) is 16. The topological polar surface area (TPSA) is 683 Å². The van der Waals surface area contributed by atoms with Gasteiger partial charge in [-0.2, -0.15) is 0 Å². The van der Waals surface area contributed by atoms with Crippen LogP contribution < -0.4 is 0 Å². The van der Waals surface area contributed by atoms with E-state index in [1.54, 1.807) is 0 Å². The highest BCUT2D eigenvalue weighted by Gasteiger charge is 2.60. The number of aliphatic hydroxyl groups excluding tert-OH is 23. The van der Waals surface area contributed by atoms with Crippen molar-refractivity contribution in [2.75, 3.05) is 72.5 Å². The third-order valence-corrected chi connectivity index (χ3v) is 18.9. The molecule has 580 valence electrons. The Morgan fingerprint density at radius 3 is 0.515 bits per heavy atom. The van der Waals surface area contributed by atoms with Crippen LogP contribution in [0.2, 0.25) is 0 Å². The fraction of sp³-hybridized carbons (Fsp3) is 1.00. The van der Waals surface area contributed by atoms with Gasteiger partial charge >= 0.3 is 7.82 Å². The molecule has 0 radical (unpaired) electrons. The van der Waals surface area contributed by atoms with Crippen LogP contribution in [0.3, 0.4) is 0 Å². The molecular formula is C54H96NO43P. The maximum atomic E-state index is 12.0. The minimum Gasteiger partial charge on any atom is -0.394 e. The molecule has 99 heavy (non-hydrogen) atoms. The molecule has 45 heteroatoms. The highest BCUT2D eigenvalue weighted by molar-refractivity contribution is 7.46. The van der Waals surface area contributed by atoms with Crippen LogP contribution >= 0.6 is 7.82 Å². The third kappa shape index (κ3) is 18.4. The van der Waals surface area contributed by atoms with Crippen LogP contribution in [0, 0.1) is 0 Å². The van der Waals surface area contributed by atoms with Crippen LogP contribution in [0.15, 0.2) is 0 Å². The predicted molar refractivity (Wildman–Crippen MR) is 305 cm³/mol. The number of hydrogen-bond acceptors (Lipinski definition) is 42. The molecule has 0 unspecified atom stereocenters. The summed E-state index contributed by atoms with van der Waals surface area (Å²) in [5, 5.41) is 255. The van der Waals surface area contributed by atoms with Crippen molar-refractivity contribution in [2.45, 2.75) is 266 Å². The lowest BCUT2D eigenvalue weighted by Gasteiger charge is -2.50. The second-order valence-corrected chi connectivity index (χ2v) is 25.9. The van der Waals surface area contributed by atoms with E-state index in [-0.39, 0.29) is 0 Å². The molecule has 40 atom stereocenters. The van der Waals surface area contributed by atoms with E-state index in [2.05, 4.69) is 30.2 Å². The Morgan fingerprint density at radius 2 is 0.394 bits per heavy atom. The molecule has 0 amide bonds. The molecule has 30 aliphatic rings. The van der Waals surface area contributed by atoms with Crippen molar-refractivity contribution >= 4 is 7.82 Å². The van der Waals surface area contributed by atoms with Gasteiger partial charge in [0.05, 0.1) is 52.9 Å². The summed E-state index contributed by atoms with van der Waals surface area (Å²) in [5.41, 5.74) is 0. The molecule has 0 aliphatic carbocycles. The Morgan fingerprint density at radius 1 is 0.253 bits per heavy atom. The normalized spacial score (nSPS) is 50.6. The van der Waals surface area contributed by atoms with Gasteiger partial charge in [0.2, 0.25) is 0 Å². The zero-order valence-electron chi connectivity index (χ0n) is 53.3. The van der Waals surface area contributed by atoms with Crippen LogP contribution in [-0.2, 0) is 84.9 Å². The Labute approximate surface area is 562 Å². The van der Waals surface area contributed by atoms with E-state index in [9.17, 15) is 132 Å². The lowest BCUT2D eigenvalue weighted by Crippen LogP contribution is -2.69. The van der Waals surface area contributed by atoms with E-state index in [0.717, 1.165) is 0 Å². The fourth-order valence-electron chi connectivity index (χ4n) is 12.7. The van der Waals surface area contributed by atoms with Gasteiger partial charge in [-0.1, -0.05) is 20.8 Å². The van der Waals surface area contributed by atoms with Gasteiger partial charge in [-0.15, -0.1) is 0 Å². The number of phosphoric ester groups is 1. The summed E-state index contributed by atoms with van der Waals surface area (Å²) in [6.07, 6.45) is -85.0. The monoisotopic (exact) mass is 1480 g/mol. The van der Waals surface area contributed by atoms with Crippen molar-refractivity contribution in [1.82, 2.24) is 4.90 Å². The van der Waals surface area contributed by atoms with Gasteiger partial charge < -0.3 is 208 Å². The highest BCUT2D eigenvalue weighted by atomic mass is 31.2. The van der Waals surface area contributed by atoms with Crippen LogP contribution in [-0.4, -0.2) is 450 Å².